The number of urea groups is 1. The predicted molar refractivity (Wildman–Crippen MR) is 94.5 cm³/mol. The number of piperazine rings is 1. The van der Waals surface area contributed by atoms with Crippen molar-refractivity contribution in [3.05, 3.63) is 12.2 Å². The van der Waals surface area contributed by atoms with Gasteiger partial charge in [-0.3, -0.25) is 9.59 Å². The molecule has 4 aliphatic heterocycles. The Kier molecular flexibility index (Phi) is 4.59. The second-order valence-corrected chi connectivity index (χ2v) is 7.51. The highest BCUT2D eigenvalue weighted by Crippen LogP contribution is 2.52. The van der Waals surface area contributed by atoms with Gasteiger partial charge >= 0.3 is 6.03 Å². The maximum atomic E-state index is 13.2. The van der Waals surface area contributed by atoms with E-state index in [0.29, 0.717) is 52.5 Å². The fourth-order valence-corrected chi connectivity index (χ4v) is 4.73. The lowest BCUT2D eigenvalue weighted by Gasteiger charge is -2.36. The molecule has 0 aromatic heterocycles. The lowest BCUT2D eigenvalue weighted by Crippen LogP contribution is -2.55. The molecule has 4 heterocycles. The molecule has 0 aliphatic carbocycles. The second kappa shape index (κ2) is 6.79. The van der Waals surface area contributed by atoms with E-state index in [1.807, 2.05) is 19.1 Å². The van der Waals surface area contributed by atoms with Gasteiger partial charge in [-0.05, 0) is 6.92 Å². The number of carbonyl (C=O) groups is 3. The van der Waals surface area contributed by atoms with Crippen molar-refractivity contribution >= 4 is 17.8 Å². The molecule has 9 heteroatoms. The average Bonchev–Trinajstić information content (AvgIpc) is 3.30. The van der Waals surface area contributed by atoms with Crippen molar-refractivity contribution in [2.45, 2.75) is 18.6 Å². The van der Waals surface area contributed by atoms with Gasteiger partial charge in [0.25, 0.3) is 0 Å². The van der Waals surface area contributed by atoms with Crippen LogP contribution in [0.4, 0.5) is 4.79 Å². The van der Waals surface area contributed by atoms with Crippen molar-refractivity contribution in [1.29, 1.82) is 0 Å². The smallest absolute Gasteiger partial charge is 0.314 e. The number of ether oxygens (including phenoxy) is 2. The molecule has 4 aliphatic rings. The highest BCUT2D eigenvalue weighted by Gasteiger charge is 2.67. The van der Waals surface area contributed by atoms with E-state index >= 15 is 0 Å². The average molecular weight is 378 g/mol. The van der Waals surface area contributed by atoms with E-state index in [1.54, 1.807) is 9.80 Å². The van der Waals surface area contributed by atoms with Crippen LogP contribution in [-0.2, 0) is 19.1 Å². The van der Waals surface area contributed by atoms with E-state index in [4.69, 9.17) is 15.2 Å². The molecule has 2 bridgehead atoms. The van der Waals surface area contributed by atoms with Crippen LogP contribution in [0.25, 0.3) is 0 Å². The summed E-state index contributed by atoms with van der Waals surface area (Å²) in [5.41, 5.74) is 4.62. The van der Waals surface area contributed by atoms with Gasteiger partial charge in [0.1, 0.15) is 5.60 Å². The van der Waals surface area contributed by atoms with E-state index in [2.05, 4.69) is 0 Å². The van der Waals surface area contributed by atoms with Crippen LogP contribution >= 0.6 is 0 Å². The largest absolute Gasteiger partial charge is 0.380 e. The van der Waals surface area contributed by atoms with E-state index in [9.17, 15) is 14.4 Å². The van der Waals surface area contributed by atoms with Gasteiger partial charge < -0.3 is 29.9 Å². The SMILES string of the molecule is CCOCCN1C[C@]23C=C[C@H](O2)[C@@H](C(=O)N2CCN(C(N)=O)CC2)[C@H]3C1=O. The van der Waals surface area contributed by atoms with Crippen LogP contribution in [0.3, 0.4) is 0 Å². The van der Waals surface area contributed by atoms with Gasteiger partial charge in [-0.1, -0.05) is 12.2 Å². The number of hydrogen-bond acceptors (Lipinski definition) is 5. The maximum absolute atomic E-state index is 13.2. The number of rotatable bonds is 5. The maximum Gasteiger partial charge on any atom is 0.314 e. The lowest BCUT2D eigenvalue weighted by molar-refractivity contribution is -0.144. The van der Waals surface area contributed by atoms with E-state index < -0.39 is 23.5 Å². The lowest BCUT2D eigenvalue weighted by atomic mass is 9.76. The molecule has 0 aromatic rings. The molecule has 0 aromatic carbocycles. The zero-order valence-corrected chi connectivity index (χ0v) is 15.5. The minimum Gasteiger partial charge on any atom is -0.380 e. The summed E-state index contributed by atoms with van der Waals surface area (Å²) in [5, 5.41) is 0. The van der Waals surface area contributed by atoms with Gasteiger partial charge in [0.05, 0.1) is 31.1 Å². The topological polar surface area (TPSA) is 105 Å². The Labute approximate surface area is 158 Å². The van der Waals surface area contributed by atoms with Crippen molar-refractivity contribution in [1.82, 2.24) is 14.7 Å². The fourth-order valence-electron chi connectivity index (χ4n) is 4.73. The number of nitrogens with two attached hydrogens (primary N) is 1. The van der Waals surface area contributed by atoms with Crippen LogP contribution in [-0.4, -0.2) is 96.7 Å². The number of likely N-dealkylation sites (tertiary alicyclic amines) is 1. The van der Waals surface area contributed by atoms with Crippen molar-refractivity contribution in [3.8, 4) is 0 Å². The number of fused-ring (bicyclic) bond motifs is 1. The molecular formula is C18H26N4O5. The molecule has 0 saturated carbocycles. The van der Waals surface area contributed by atoms with Gasteiger partial charge in [-0.15, -0.1) is 0 Å². The van der Waals surface area contributed by atoms with E-state index in [0.717, 1.165) is 0 Å². The Bertz CT molecular complexity index is 675. The van der Waals surface area contributed by atoms with Crippen LogP contribution in [0.2, 0.25) is 0 Å². The van der Waals surface area contributed by atoms with E-state index in [1.165, 1.54) is 4.90 Å². The summed E-state index contributed by atoms with van der Waals surface area (Å²) in [6, 6.07) is -0.469. The van der Waals surface area contributed by atoms with Crippen LogP contribution in [0.1, 0.15) is 6.92 Å². The van der Waals surface area contributed by atoms with Gasteiger partial charge in [-0.25, -0.2) is 4.79 Å². The molecule has 3 fully saturated rings. The van der Waals surface area contributed by atoms with Crippen molar-refractivity contribution < 1.29 is 23.9 Å². The quantitative estimate of drug-likeness (QED) is 0.489. The molecule has 0 radical (unpaired) electrons. The zero-order valence-electron chi connectivity index (χ0n) is 15.5. The zero-order chi connectivity index (χ0) is 19.2. The van der Waals surface area contributed by atoms with Crippen LogP contribution in [0.15, 0.2) is 12.2 Å². The van der Waals surface area contributed by atoms with Gasteiger partial charge in [0.2, 0.25) is 11.8 Å². The summed E-state index contributed by atoms with van der Waals surface area (Å²) in [6.45, 7) is 5.66. The molecule has 4 amide bonds. The Hall–Kier alpha value is -2.13. The molecule has 0 unspecified atom stereocenters. The second-order valence-electron chi connectivity index (χ2n) is 7.51. The van der Waals surface area contributed by atoms with Crippen LogP contribution in [0.5, 0.6) is 0 Å². The first-order valence-electron chi connectivity index (χ1n) is 9.54. The first kappa shape index (κ1) is 18.2. The highest BCUT2D eigenvalue weighted by atomic mass is 16.5. The van der Waals surface area contributed by atoms with E-state index in [-0.39, 0.29) is 17.9 Å². The third-order valence-corrected chi connectivity index (χ3v) is 6.08. The predicted octanol–water partition coefficient (Wildman–Crippen LogP) is -0.972. The Morgan fingerprint density at radius 1 is 1.30 bits per heavy atom. The molecule has 148 valence electrons. The number of hydrogen-bond donors (Lipinski definition) is 1. The molecule has 1 spiro atoms. The summed E-state index contributed by atoms with van der Waals surface area (Å²) in [6.07, 6.45) is 3.52. The summed E-state index contributed by atoms with van der Waals surface area (Å²) >= 11 is 0. The monoisotopic (exact) mass is 378 g/mol. The highest BCUT2D eigenvalue weighted by molar-refractivity contribution is 5.93. The minimum absolute atomic E-state index is 0.0318. The minimum atomic E-state index is -0.691. The first-order valence-corrected chi connectivity index (χ1v) is 9.54. The third kappa shape index (κ3) is 2.89. The number of carbonyl (C=O) groups excluding carboxylic acids is 3. The number of amides is 4. The number of nitrogens with zero attached hydrogens (tertiary/aromatic N) is 3. The molecule has 27 heavy (non-hydrogen) atoms. The third-order valence-electron chi connectivity index (χ3n) is 6.08. The molecule has 4 rings (SSSR count). The van der Waals surface area contributed by atoms with Crippen molar-refractivity contribution in [3.63, 3.8) is 0 Å². The van der Waals surface area contributed by atoms with Gasteiger partial charge in [-0.2, -0.15) is 0 Å². The van der Waals surface area contributed by atoms with Crippen LogP contribution in [0, 0.1) is 11.8 Å². The standard InChI is InChI=1S/C18H26N4O5/c1-2-26-10-9-22-11-18-4-3-12(27-18)13(14(18)16(22)24)15(23)20-5-7-21(8-6-20)17(19)25/h3-4,12-14H,2,5-11H2,1H3,(H2,19,25)/t12-,13+,14-,18-/m0/s1. The molecule has 3 saturated heterocycles. The van der Waals surface area contributed by atoms with Gasteiger partial charge in [0.15, 0.2) is 0 Å². The first-order chi connectivity index (χ1) is 13.0. The summed E-state index contributed by atoms with van der Waals surface area (Å²) in [4.78, 5) is 42.5. The Morgan fingerprint density at radius 3 is 2.67 bits per heavy atom. The summed E-state index contributed by atoms with van der Waals surface area (Å²) in [7, 11) is 0. The normalized spacial score (nSPS) is 34.5. The molecule has 2 N–H and O–H groups in total. The number of primary amides is 1. The van der Waals surface area contributed by atoms with Crippen molar-refractivity contribution in [2.24, 2.45) is 17.6 Å². The fraction of sp³-hybridized carbons (Fsp3) is 0.722. The Balaban J connectivity index is 1.46. The molecular weight excluding hydrogens is 352 g/mol. The van der Waals surface area contributed by atoms with Crippen molar-refractivity contribution in [2.75, 3.05) is 52.5 Å². The summed E-state index contributed by atoms with van der Waals surface area (Å²) in [5.74, 6) is -1.08. The molecule has 9 nitrogen and oxygen atoms in total. The van der Waals surface area contributed by atoms with Gasteiger partial charge in [0, 0.05) is 39.3 Å². The Morgan fingerprint density at radius 2 is 2.00 bits per heavy atom. The summed E-state index contributed by atoms with van der Waals surface area (Å²) < 4.78 is 11.5. The van der Waals surface area contributed by atoms with Crippen LogP contribution < -0.4 is 5.73 Å². The molecule has 4 atom stereocenters.